The summed E-state index contributed by atoms with van der Waals surface area (Å²) in [5.41, 5.74) is 0. The molecule has 0 saturated carbocycles. The molecule has 122 valence electrons. The normalized spacial score (nSPS) is 16.0. The summed E-state index contributed by atoms with van der Waals surface area (Å²) in [6, 6.07) is 14.9. The summed E-state index contributed by atoms with van der Waals surface area (Å²) in [6.45, 7) is 2.03. The predicted octanol–water partition coefficient (Wildman–Crippen LogP) is 3.02. The van der Waals surface area contributed by atoms with Gasteiger partial charge < -0.3 is 24.1 Å². The summed E-state index contributed by atoms with van der Waals surface area (Å²) in [4.78, 5) is 0. The molecule has 23 heavy (non-hydrogen) atoms. The lowest BCUT2D eigenvalue weighted by Gasteiger charge is -2.09. The van der Waals surface area contributed by atoms with E-state index in [1.807, 2.05) is 48.5 Å². The molecule has 0 bridgehead atoms. The maximum absolute atomic E-state index is 8.72. The van der Waals surface area contributed by atoms with Crippen LogP contribution in [-0.2, 0) is 4.74 Å². The van der Waals surface area contributed by atoms with Gasteiger partial charge in [0.15, 0.2) is 0 Å². The van der Waals surface area contributed by atoms with Crippen LogP contribution >= 0.6 is 0 Å². The van der Waals surface area contributed by atoms with Crippen molar-refractivity contribution in [2.75, 3.05) is 26.4 Å². The highest BCUT2D eigenvalue weighted by molar-refractivity contribution is 5.37. The van der Waals surface area contributed by atoms with Gasteiger partial charge in [-0.2, -0.15) is 0 Å². The van der Waals surface area contributed by atoms with Crippen LogP contribution in [0, 0.1) is 0 Å². The fraction of sp³-hybridized carbons (Fsp3) is 0.333. The van der Waals surface area contributed by atoms with E-state index in [1.165, 1.54) is 0 Å². The lowest BCUT2D eigenvalue weighted by molar-refractivity contribution is 0.233. The zero-order chi connectivity index (χ0) is 15.9. The SMILES string of the molecule is OCCCOc1ccc(Oc2ccc(OCC3CO3)cc2)cc1. The molecule has 1 N–H and O–H groups in total. The summed E-state index contributed by atoms with van der Waals surface area (Å²) < 4.78 is 21.9. The molecule has 0 aliphatic carbocycles. The average Bonchev–Trinajstić information content (AvgIpc) is 3.40. The van der Waals surface area contributed by atoms with Gasteiger partial charge in [-0.05, 0) is 48.5 Å². The Bertz CT molecular complexity index is 590. The Labute approximate surface area is 135 Å². The molecule has 0 aromatic heterocycles. The van der Waals surface area contributed by atoms with Crippen molar-refractivity contribution >= 4 is 0 Å². The quantitative estimate of drug-likeness (QED) is 0.569. The Morgan fingerprint density at radius 1 is 0.870 bits per heavy atom. The summed E-state index contributed by atoms with van der Waals surface area (Å²) in [5.74, 6) is 3.05. The van der Waals surface area contributed by atoms with Crippen LogP contribution in [-0.4, -0.2) is 37.6 Å². The highest BCUT2D eigenvalue weighted by atomic mass is 16.6. The third kappa shape index (κ3) is 5.16. The van der Waals surface area contributed by atoms with E-state index < -0.39 is 0 Å². The van der Waals surface area contributed by atoms with Crippen molar-refractivity contribution in [1.82, 2.24) is 0 Å². The van der Waals surface area contributed by atoms with E-state index in [-0.39, 0.29) is 12.7 Å². The van der Waals surface area contributed by atoms with E-state index in [4.69, 9.17) is 24.1 Å². The molecule has 0 radical (unpaired) electrons. The zero-order valence-corrected chi connectivity index (χ0v) is 12.8. The lowest BCUT2D eigenvalue weighted by atomic mass is 10.3. The molecule has 1 heterocycles. The Kier molecular flexibility index (Phi) is 5.34. The average molecular weight is 316 g/mol. The van der Waals surface area contributed by atoms with Crippen LogP contribution in [0.4, 0.5) is 0 Å². The van der Waals surface area contributed by atoms with Crippen molar-refractivity contribution in [2.45, 2.75) is 12.5 Å². The molecule has 1 aliphatic heterocycles. The summed E-state index contributed by atoms with van der Waals surface area (Å²) in [6.07, 6.45) is 0.878. The third-order valence-electron chi connectivity index (χ3n) is 3.29. The minimum atomic E-state index is 0.134. The number of aliphatic hydroxyl groups excluding tert-OH is 1. The molecule has 1 unspecified atom stereocenters. The number of epoxide rings is 1. The van der Waals surface area contributed by atoms with E-state index in [1.54, 1.807) is 0 Å². The molecule has 0 spiro atoms. The fourth-order valence-electron chi connectivity index (χ4n) is 1.95. The standard InChI is InChI=1S/C18H20O5/c19-10-1-11-20-14-2-6-16(7-3-14)23-17-8-4-15(5-9-17)21-12-18-13-22-18/h2-9,18-19H,1,10-13H2. The number of hydrogen-bond donors (Lipinski definition) is 1. The molecule has 1 atom stereocenters. The topological polar surface area (TPSA) is 60.5 Å². The molecule has 3 rings (SSSR count). The maximum atomic E-state index is 8.72. The Hall–Kier alpha value is -2.24. The molecule has 2 aromatic rings. The number of aliphatic hydroxyl groups is 1. The predicted molar refractivity (Wildman–Crippen MR) is 85.4 cm³/mol. The molecule has 5 heteroatoms. The second kappa shape index (κ2) is 7.85. The monoisotopic (exact) mass is 316 g/mol. The van der Waals surface area contributed by atoms with E-state index >= 15 is 0 Å². The van der Waals surface area contributed by atoms with Crippen LogP contribution in [0.2, 0.25) is 0 Å². The van der Waals surface area contributed by atoms with Gasteiger partial charge in [-0.15, -0.1) is 0 Å². The molecule has 1 fully saturated rings. The van der Waals surface area contributed by atoms with Crippen LogP contribution in [0.15, 0.2) is 48.5 Å². The van der Waals surface area contributed by atoms with Crippen molar-refractivity contribution in [1.29, 1.82) is 0 Å². The van der Waals surface area contributed by atoms with E-state index in [9.17, 15) is 0 Å². The van der Waals surface area contributed by atoms with Crippen molar-refractivity contribution in [3.05, 3.63) is 48.5 Å². The van der Waals surface area contributed by atoms with Crippen molar-refractivity contribution < 1.29 is 24.1 Å². The van der Waals surface area contributed by atoms with Crippen LogP contribution in [0.3, 0.4) is 0 Å². The van der Waals surface area contributed by atoms with Crippen LogP contribution in [0.1, 0.15) is 6.42 Å². The highest BCUT2D eigenvalue weighted by Crippen LogP contribution is 2.26. The molecule has 2 aromatic carbocycles. The number of ether oxygens (including phenoxy) is 4. The molecular weight excluding hydrogens is 296 g/mol. The first kappa shape index (κ1) is 15.6. The Morgan fingerprint density at radius 3 is 1.91 bits per heavy atom. The zero-order valence-electron chi connectivity index (χ0n) is 12.8. The van der Waals surface area contributed by atoms with Crippen molar-refractivity contribution in [3.8, 4) is 23.0 Å². The van der Waals surface area contributed by atoms with Gasteiger partial charge in [-0.1, -0.05) is 0 Å². The molecule has 1 saturated heterocycles. The first-order chi connectivity index (χ1) is 11.3. The van der Waals surface area contributed by atoms with Gasteiger partial charge in [0.25, 0.3) is 0 Å². The van der Waals surface area contributed by atoms with Gasteiger partial charge in [-0.3, -0.25) is 0 Å². The lowest BCUT2D eigenvalue weighted by Crippen LogP contribution is -2.03. The highest BCUT2D eigenvalue weighted by Gasteiger charge is 2.22. The van der Waals surface area contributed by atoms with Crippen LogP contribution < -0.4 is 14.2 Å². The van der Waals surface area contributed by atoms with Gasteiger partial charge in [0, 0.05) is 13.0 Å². The van der Waals surface area contributed by atoms with Crippen LogP contribution in [0.5, 0.6) is 23.0 Å². The number of benzene rings is 2. The van der Waals surface area contributed by atoms with Gasteiger partial charge in [-0.25, -0.2) is 0 Å². The largest absolute Gasteiger partial charge is 0.494 e. The summed E-state index contributed by atoms with van der Waals surface area (Å²) >= 11 is 0. The van der Waals surface area contributed by atoms with Gasteiger partial charge in [0.2, 0.25) is 0 Å². The van der Waals surface area contributed by atoms with Gasteiger partial charge in [0.05, 0.1) is 13.2 Å². The third-order valence-corrected chi connectivity index (χ3v) is 3.29. The smallest absolute Gasteiger partial charge is 0.127 e. The molecule has 0 amide bonds. The first-order valence-electron chi connectivity index (χ1n) is 7.69. The summed E-state index contributed by atoms with van der Waals surface area (Å²) in [7, 11) is 0. The molecule has 5 nitrogen and oxygen atoms in total. The van der Waals surface area contributed by atoms with Gasteiger partial charge in [0.1, 0.15) is 35.7 Å². The Morgan fingerprint density at radius 2 is 1.39 bits per heavy atom. The first-order valence-corrected chi connectivity index (χ1v) is 7.69. The number of rotatable bonds is 9. The summed E-state index contributed by atoms with van der Waals surface area (Å²) in [5, 5.41) is 8.72. The number of hydrogen-bond acceptors (Lipinski definition) is 5. The Balaban J connectivity index is 1.49. The molecule has 1 aliphatic rings. The van der Waals surface area contributed by atoms with E-state index in [0.29, 0.717) is 19.6 Å². The second-order valence-electron chi connectivity index (χ2n) is 5.24. The minimum absolute atomic E-state index is 0.134. The van der Waals surface area contributed by atoms with E-state index in [0.717, 1.165) is 29.6 Å². The maximum Gasteiger partial charge on any atom is 0.127 e. The fourth-order valence-corrected chi connectivity index (χ4v) is 1.95. The van der Waals surface area contributed by atoms with Crippen LogP contribution in [0.25, 0.3) is 0 Å². The van der Waals surface area contributed by atoms with Crippen molar-refractivity contribution in [3.63, 3.8) is 0 Å². The van der Waals surface area contributed by atoms with Crippen molar-refractivity contribution in [2.24, 2.45) is 0 Å². The molecular formula is C18H20O5. The second-order valence-corrected chi connectivity index (χ2v) is 5.24. The van der Waals surface area contributed by atoms with E-state index in [2.05, 4.69) is 0 Å². The minimum Gasteiger partial charge on any atom is -0.494 e. The van der Waals surface area contributed by atoms with Gasteiger partial charge >= 0.3 is 0 Å².